The predicted octanol–water partition coefficient (Wildman–Crippen LogP) is 3.47. The van der Waals surface area contributed by atoms with Crippen LogP contribution in [0.25, 0.3) is 0 Å². The number of amides is 1. The molecule has 5 heteroatoms. The summed E-state index contributed by atoms with van der Waals surface area (Å²) in [6, 6.07) is 13.0. The van der Waals surface area contributed by atoms with Crippen LogP contribution < -0.4 is 10.1 Å². The summed E-state index contributed by atoms with van der Waals surface area (Å²) in [5.41, 5.74) is 0.662. The molecule has 0 fully saturated rings. The quantitative estimate of drug-likeness (QED) is 0.888. The fourth-order valence-corrected chi connectivity index (χ4v) is 2.61. The van der Waals surface area contributed by atoms with Crippen LogP contribution >= 0.6 is 11.3 Å². The Labute approximate surface area is 128 Å². The number of nitriles is 1. The third kappa shape index (κ3) is 4.33. The molecule has 0 unspecified atom stereocenters. The molecule has 0 aliphatic carbocycles. The van der Waals surface area contributed by atoms with E-state index in [-0.39, 0.29) is 5.91 Å². The van der Waals surface area contributed by atoms with Gasteiger partial charge in [0.15, 0.2) is 0 Å². The molecular formula is C16H16N2O2S. The molecule has 0 radical (unpaired) electrons. The first kappa shape index (κ1) is 15.1. The molecule has 1 atom stereocenters. The molecule has 0 aliphatic rings. The zero-order chi connectivity index (χ0) is 15.1. The number of hydrogen-bond acceptors (Lipinski definition) is 4. The average molecular weight is 300 g/mol. The van der Waals surface area contributed by atoms with Crippen molar-refractivity contribution in [3.05, 3.63) is 46.7 Å². The largest absolute Gasteiger partial charge is 0.494 e. The van der Waals surface area contributed by atoms with E-state index in [4.69, 9.17) is 10.00 Å². The van der Waals surface area contributed by atoms with E-state index < -0.39 is 5.92 Å². The maximum atomic E-state index is 12.1. The monoisotopic (exact) mass is 300 g/mol. The summed E-state index contributed by atoms with van der Waals surface area (Å²) in [6.07, 6.45) is 0.441. The number of thiophene rings is 1. The van der Waals surface area contributed by atoms with Crippen LogP contribution in [-0.2, 0) is 11.2 Å². The molecule has 0 bridgehead atoms. The molecule has 1 heterocycles. The molecule has 2 aromatic rings. The van der Waals surface area contributed by atoms with E-state index in [1.165, 1.54) is 0 Å². The lowest BCUT2D eigenvalue weighted by atomic mass is 10.1. The third-order valence-electron chi connectivity index (χ3n) is 2.89. The van der Waals surface area contributed by atoms with Gasteiger partial charge in [0.1, 0.15) is 11.7 Å². The molecule has 1 N–H and O–H groups in total. The smallest absolute Gasteiger partial charge is 0.242 e. The Bertz CT molecular complexity index is 615. The normalized spacial score (nSPS) is 11.4. The van der Waals surface area contributed by atoms with Gasteiger partial charge in [-0.3, -0.25) is 4.79 Å². The van der Waals surface area contributed by atoms with E-state index in [0.717, 1.165) is 10.6 Å². The van der Waals surface area contributed by atoms with Crippen molar-refractivity contribution in [1.29, 1.82) is 5.26 Å². The molecule has 0 aliphatic heterocycles. The standard InChI is InChI=1S/C16H16N2O2S/c1-2-20-14-7-5-13(6-8-14)18-16(19)12(11-17)10-15-4-3-9-21-15/h3-9,12H,2,10H2,1H3,(H,18,19)/t12-/m0/s1. The van der Waals surface area contributed by atoms with Gasteiger partial charge in [-0.15, -0.1) is 11.3 Å². The molecule has 108 valence electrons. The first-order valence-electron chi connectivity index (χ1n) is 6.68. The number of anilines is 1. The van der Waals surface area contributed by atoms with Crippen molar-refractivity contribution < 1.29 is 9.53 Å². The maximum absolute atomic E-state index is 12.1. The second-order valence-corrected chi connectivity index (χ2v) is 5.44. The van der Waals surface area contributed by atoms with Crippen LogP contribution in [0.1, 0.15) is 11.8 Å². The van der Waals surface area contributed by atoms with Gasteiger partial charge in [0, 0.05) is 17.0 Å². The summed E-state index contributed by atoms with van der Waals surface area (Å²) in [6.45, 7) is 2.51. The maximum Gasteiger partial charge on any atom is 0.242 e. The number of benzene rings is 1. The van der Waals surface area contributed by atoms with Crippen LogP contribution in [0, 0.1) is 17.2 Å². The lowest BCUT2D eigenvalue weighted by Gasteiger charge is -2.10. The molecule has 1 aromatic carbocycles. The van der Waals surface area contributed by atoms with E-state index in [0.29, 0.717) is 18.7 Å². The number of nitrogens with one attached hydrogen (secondary N) is 1. The van der Waals surface area contributed by atoms with Crippen LogP contribution in [0.15, 0.2) is 41.8 Å². The summed E-state index contributed by atoms with van der Waals surface area (Å²) in [5.74, 6) is -0.212. The minimum absolute atomic E-state index is 0.282. The molecule has 0 saturated carbocycles. The Balaban J connectivity index is 1.97. The highest BCUT2D eigenvalue weighted by Gasteiger charge is 2.19. The van der Waals surface area contributed by atoms with E-state index in [9.17, 15) is 4.79 Å². The summed E-state index contributed by atoms with van der Waals surface area (Å²) in [7, 11) is 0. The summed E-state index contributed by atoms with van der Waals surface area (Å²) in [5, 5.41) is 13.9. The van der Waals surface area contributed by atoms with Gasteiger partial charge >= 0.3 is 0 Å². The molecule has 1 aromatic heterocycles. The second kappa shape index (κ2) is 7.46. The molecule has 4 nitrogen and oxygen atoms in total. The number of ether oxygens (including phenoxy) is 1. The van der Waals surface area contributed by atoms with Gasteiger partial charge < -0.3 is 10.1 Å². The van der Waals surface area contributed by atoms with Gasteiger partial charge in [-0.25, -0.2) is 0 Å². The molecule has 0 saturated heterocycles. The zero-order valence-electron chi connectivity index (χ0n) is 11.7. The number of carbonyl (C=O) groups is 1. The lowest BCUT2D eigenvalue weighted by molar-refractivity contribution is -0.118. The van der Waals surface area contributed by atoms with E-state index >= 15 is 0 Å². The molecule has 21 heavy (non-hydrogen) atoms. The highest BCUT2D eigenvalue weighted by Crippen LogP contribution is 2.18. The zero-order valence-corrected chi connectivity index (χ0v) is 12.5. The fourth-order valence-electron chi connectivity index (χ4n) is 1.86. The average Bonchev–Trinajstić information content (AvgIpc) is 3.00. The number of carbonyl (C=O) groups excluding carboxylic acids is 1. The van der Waals surface area contributed by atoms with E-state index in [1.54, 1.807) is 35.6 Å². The Morgan fingerprint density at radius 1 is 1.38 bits per heavy atom. The van der Waals surface area contributed by atoms with Gasteiger partial charge in [-0.1, -0.05) is 6.07 Å². The highest BCUT2D eigenvalue weighted by atomic mass is 32.1. The van der Waals surface area contributed by atoms with Crippen molar-refractivity contribution in [2.75, 3.05) is 11.9 Å². The Hall–Kier alpha value is -2.32. The number of nitrogens with zero attached hydrogens (tertiary/aromatic N) is 1. The lowest BCUT2D eigenvalue weighted by Crippen LogP contribution is -2.23. The number of rotatable bonds is 6. The van der Waals surface area contributed by atoms with Gasteiger partial charge in [0.25, 0.3) is 0 Å². The van der Waals surface area contributed by atoms with Crippen LogP contribution in [0.5, 0.6) is 5.75 Å². The van der Waals surface area contributed by atoms with Crippen molar-refractivity contribution in [1.82, 2.24) is 0 Å². The summed E-state index contributed by atoms with van der Waals surface area (Å²) < 4.78 is 5.34. The van der Waals surface area contributed by atoms with Crippen molar-refractivity contribution in [2.45, 2.75) is 13.3 Å². The Kier molecular flexibility index (Phi) is 5.35. The van der Waals surface area contributed by atoms with Crippen LogP contribution in [0.2, 0.25) is 0 Å². The minimum Gasteiger partial charge on any atom is -0.494 e. The second-order valence-electron chi connectivity index (χ2n) is 4.41. The van der Waals surface area contributed by atoms with Gasteiger partial charge in [0.2, 0.25) is 5.91 Å². The Morgan fingerprint density at radius 3 is 2.71 bits per heavy atom. The van der Waals surface area contributed by atoms with Gasteiger partial charge in [0.05, 0.1) is 12.7 Å². The van der Waals surface area contributed by atoms with Crippen molar-refractivity contribution in [2.24, 2.45) is 5.92 Å². The fraction of sp³-hybridized carbons (Fsp3) is 0.250. The predicted molar refractivity (Wildman–Crippen MR) is 83.4 cm³/mol. The van der Waals surface area contributed by atoms with Crippen LogP contribution in [0.4, 0.5) is 5.69 Å². The molecule has 1 amide bonds. The summed E-state index contributed by atoms with van der Waals surface area (Å²) >= 11 is 1.55. The van der Waals surface area contributed by atoms with E-state index in [1.807, 2.05) is 24.4 Å². The third-order valence-corrected chi connectivity index (χ3v) is 3.79. The van der Waals surface area contributed by atoms with Crippen LogP contribution in [0.3, 0.4) is 0 Å². The highest BCUT2D eigenvalue weighted by molar-refractivity contribution is 7.09. The van der Waals surface area contributed by atoms with Gasteiger partial charge in [-0.05, 0) is 42.6 Å². The van der Waals surface area contributed by atoms with E-state index in [2.05, 4.69) is 11.4 Å². The summed E-state index contributed by atoms with van der Waals surface area (Å²) in [4.78, 5) is 13.2. The van der Waals surface area contributed by atoms with Crippen molar-refractivity contribution >= 4 is 22.9 Å². The molecular weight excluding hydrogens is 284 g/mol. The van der Waals surface area contributed by atoms with Gasteiger partial charge in [-0.2, -0.15) is 5.26 Å². The Morgan fingerprint density at radius 2 is 2.14 bits per heavy atom. The van der Waals surface area contributed by atoms with Crippen molar-refractivity contribution in [3.8, 4) is 11.8 Å². The topological polar surface area (TPSA) is 62.1 Å². The van der Waals surface area contributed by atoms with Crippen molar-refractivity contribution in [3.63, 3.8) is 0 Å². The molecule has 2 rings (SSSR count). The number of hydrogen-bond donors (Lipinski definition) is 1. The minimum atomic E-state index is -0.685. The first-order valence-corrected chi connectivity index (χ1v) is 7.56. The molecule has 0 spiro atoms. The van der Waals surface area contributed by atoms with Crippen LogP contribution in [-0.4, -0.2) is 12.5 Å². The first-order chi connectivity index (χ1) is 10.2. The SMILES string of the molecule is CCOc1ccc(NC(=O)[C@H](C#N)Cc2cccs2)cc1.